The molecule has 0 saturated carbocycles. The van der Waals surface area contributed by atoms with Crippen LogP contribution in [0.4, 0.5) is 11.4 Å². The van der Waals surface area contributed by atoms with Crippen LogP contribution in [0.15, 0.2) is 28.8 Å². The first-order valence-corrected chi connectivity index (χ1v) is 8.68. The molecule has 2 heterocycles. The average molecular weight is 371 g/mol. The Kier molecular flexibility index (Phi) is 5.54. The molecule has 1 fully saturated rings. The van der Waals surface area contributed by atoms with E-state index in [4.69, 9.17) is 9.26 Å². The maximum Gasteiger partial charge on any atom is 0.308 e. The van der Waals surface area contributed by atoms with E-state index in [1.807, 2.05) is 0 Å². The molecule has 142 valence electrons. The summed E-state index contributed by atoms with van der Waals surface area (Å²) in [5.74, 6) is -0.190. The third kappa shape index (κ3) is 4.16. The van der Waals surface area contributed by atoms with Crippen LogP contribution in [-0.2, 0) is 9.53 Å². The number of esters is 1. The molecule has 2 aromatic rings. The van der Waals surface area contributed by atoms with E-state index < -0.39 is 5.91 Å². The van der Waals surface area contributed by atoms with Gasteiger partial charge in [0, 0.05) is 24.7 Å². The smallest absolute Gasteiger partial charge is 0.308 e. The molecule has 8 heteroatoms. The number of aromatic nitrogens is 1. The molecule has 0 radical (unpaired) electrons. The molecule has 27 heavy (non-hydrogen) atoms. The summed E-state index contributed by atoms with van der Waals surface area (Å²) >= 11 is 0. The molecule has 1 aromatic carbocycles. The van der Waals surface area contributed by atoms with Gasteiger partial charge in [-0.2, -0.15) is 0 Å². The second-order valence-electron chi connectivity index (χ2n) is 6.46. The lowest BCUT2D eigenvalue weighted by Crippen LogP contribution is -2.37. The number of aryl methyl sites for hydroxylation is 1. The highest BCUT2D eigenvalue weighted by molar-refractivity contribution is 6.05. The summed E-state index contributed by atoms with van der Waals surface area (Å²) in [5, 5.41) is 6.52. The molecule has 3 rings (SSSR count). The van der Waals surface area contributed by atoms with E-state index in [1.54, 1.807) is 31.2 Å². The van der Waals surface area contributed by atoms with Crippen molar-refractivity contribution >= 4 is 29.5 Å². The van der Waals surface area contributed by atoms with Crippen LogP contribution in [0.25, 0.3) is 0 Å². The van der Waals surface area contributed by atoms with Crippen LogP contribution in [0, 0.1) is 12.8 Å². The number of nitrogens with one attached hydrogen (secondary N) is 1. The second kappa shape index (κ2) is 8.03. The number of aldehydes is 1. The van der Waals surface area contributed by atoms with Crippen LogP contribution in [0.2, 0.25) is 0 Å². The first kappa shape index (κ1) is 18.6. The van der Waals surface area contributed by atoms with Gasteiger partial charge < -0.3 is 19.5 Å². The van der Waals surface area contributed by atoms with Gasteiger partial charge in [0.15, 0.2) is 5.69 Å². The minimum atomic E-state index is -0.416. The molecule has 0 unspecified atom stereocenters. The summed E-state index contributed by atoms with van der Waals surface area (Å²) < 4.78 is 9.76. The van der Waals surface area contributed by atoms with E-state index in [0.717, 1.165) is 12.0 Å². The third-order valence-electron chi connectivity index (χ3n) is 4.64. The van der Waals surface area contributed by atoms with Gasteiger partial charge in [-0.1, -0.05) is 5.16 Å². The Balaban J connectivity index is 1.80. The molecule has 1 aliphatic rings. The predicted octanol–water partition coefficient (Wildman–Crippen LogP) is 2.44. The van der Waals surface area contributed by atoms with Crippen molar-refractivity contribution in [3.05, 3.63) is 41.3 Å². The number of ether oxygens (including phenoxy) is 1. The number of piperidine rings is 1. The van der Waals surface area contributed by atoms with Gasteiger partial charge in [0.05, 0.1) is 24.4 Å². The van der Waals surface area contributed by atoms with Gasteiger partial charge in [0.2, 0.25) is 0 Å². The van der Waals surface area contributed by atoms with E-state index in [-0.39, 0.29) is 17.6 Å². The number of anilines is 2. The molecule has 0 bridgehead atoms. The quantitative estimate of drug-likeness (QED) is 0.636. The van der Waals surface area contributed by atoms with E-state index in [9.17, 15) is 14.4 Å². The Morgan fingerprint density at radius 2 is 2.04 bits per heavy atom. The van der Waals surface area contributed by atoms with Crippen molar-refractivity contribution in [3.63, 3.8) is 0 Å². The number of hydrogen-bond acceptors (Lipinski definition) is 7. The maximum absolute atomic E-state index is 12.4. The Labute approximate surface area is 156 Å². The predicted molar refractivity (Wildman–Crippen MR) is 98.0 cm³/mol. The fourth-order valence-electron chi connectivity index (χ4n) is 3.19. The number of benzene rings is 1. The Bertz CT molecular complexity index is 853. The highest BCUT2D eigenvalue weighted by Gasteiger charge is 2.27. The van der Waals surface area contributed by atoms with E-state index in [1.165, 1.54) is 7.11 Å². The topological polar surface area (TPSA) is 102 Å². The van der Waals surface area contributed by atoms with Gasteiger partial charge in [-0.3, -0.25) is 14.4 Å². The summed E-state index contributed by atoms with van der Waals surface area (Å²) in [7, 11) is 1.39. The molecule has 1 aliphatic heterocycles. The minimum absolute atomic E-state index is 0.114. The average Bonchev–Trinajstić information content (AvgIpc) is 3.14. The van der Waals surface area contributed by atoms with Gasteiger partial charge in [-0.25, -0.2) is 0 Å². The number of nitrogens with zero attached hydrogens (tertiary/aromatic N) is 2. The van der Waals surface area contributed by atoms with Crippen LogP contribution in [0.1, 0.15) is 39.4 Å². The fourth-order valence-corrected chi connectivity index (χ4v) is 3.19. The van der Waals surface area contributed by atoms with E-state index in [0.29, 0.717) is 42.9 Å². The van der Waals surface area contributed by atoms with E-state index >= 15 is 0 Å². The fraction of sp³-hybridized carbons (Fsp3) is 0.368. The van der Waals surface area contributed by atoms with Crippen molar-refractivity contribution in [1.82, 2.24) is 5.16 Å². The third-order valence-corrected chi connectivity index (χ3v) is 4.64. The zero-order valence-electron chi connectivity index (χ0n) is 15.2. The zero-order valence-corrected chi connectivity index (χ0v) is 15.2. The lowest BCUT2D eigenvalue weighted by Gasteiger charge is -2.33. The van der Waals surface area contributed by atoms with Gasteiger partial charge in [0.1, 0.15) is 12.0 Å². The molecule has 1 amide bonds. The molecule has 0 atom stereocenters. The normalized spacial score (nSPS) is 14.7. The standard InChI is InChI=1S/C19H21N3O5/c1-12-9-16(21-27-12)18(24)20-15-10-13(11-23)3-4-17(15)22-7-5-14(6-8-22)19(25)26-2/h3-4,9-11,14H,5-8H2,1-2H3,(H,20,24). The number of methoxy groups -OCH3 is 1. The van der Waals surface area contributed by atoms with Gasteiger partial charge in [-0.15, -0.1) is 0 Å². The number of rotatable bonds is 5. The first-order chi connectivity index (χ1) is 13.0. The monoisotopic (exact) mass is 371 g/mol. The molecule has 0 aliphatic carbocycles. The SMILES string of the molecule is COC(=O)C1CCN(c2ccc(C=O)cc2NC(=O)c2cc(C)on2)CC1. The highest BCUT2D eigenvalue weighted by atomic mass is 16.5. The van der Waals surface area contributed by atoms with Crippen LogP contribution in [0.5, 0.6) is 0 Å². The summed E-state index contributed by atoms with van der Waals surface area (Å²) in [6.07, 6.45) is 2.05. The van der Waals surface area contributed by atoms with Crippen molar-refractivity contribution in [2.75, 3.05) is 30.4 Å². The Morgan fingerprint density at radius 1 is 1.30 bits per heavy atom. The molecule has 1 saturated heterocycles. The molecular weight excluding hydrogens is 350 g/mol. The summed E-state index contributed by atoms with van der Waals surface area (Å²) in [6.45, 7) is 2.99. The number of carbonyl (C=O) groups excluding carboxylic acids is 3. The maximum atomic E-state index is 12.4. The van der Waals surface area contributed by atoms with Crippen molar-refractivity contribution in [1.29, 1.82) is 0 Å². The van der Waals surface area contributed by atoms with Crippen LogP contribution in [-0.4, -0.2) is 43.5 Å². The molecule has 1 N–H and O–H groups in total. The van der Waals surface area contributed by atoms with Crippen LogP contribution in [0.3, 0.4) is 0 Å². The highest BCUT2D eigenvalue weighted by Crippen LogP contribution is 2.31. The Morgan fingerprint density at radius 3 is 2.63 bits per heavy atom. The number of amides is 1. The molecule has 1 aromatic heterocycles. The van der Waals surface area contributed by atoms with Crippen molar-refractivity contribution in [2.24, 2.45) is 5.92 Å². The molecular formula is C19H21N3O5. The Hall–Kier alpha value is -3.16. The van der Waals surface area contributed by atoms with Gasteiger partial charge in [-0.05, 0) is 38.0 Å². The summed E-state index contributed by atoms with van der Waals surface area (Å²) in [4.78, 5) is 37.4. The van der Waals surface area contributed by atoms with Crippen LogP contribution >= 0.6 is 0 Å². The zero-order chi connectivity index (χ0) is 19.4. The first-order valence-electron chi connectivity index (χ1n) is 8.68. The minimum Gasteiger partial charge on any atom is -0.469 e. The van der Waals surface area contributed by atoms with Crippen molar-refractivity contribution in [2.45, 2.75) is 19.8 Å². The number of carbonyl (C=O) groups is 3. The lowest BCUT2D eigenvalue weighted by atomic mass is 9.96. The largest absolute Gasteiger partial charge is 0.469 e. The van der Waals surface area contributed by atoms with E-state index in [2.05, 4.69) is 15.4 Å². The summed E-state index contributed by atoms with van der Waals surface area (Å²) in [5.41, 5.74) is 1.92. The summed E-state index contributed by atoms with van der Waals surface area (Å²) in [6, 6.07) is 6.66. The van der Waals surface area contributed by atoms with Crippen molar-refractivity contribution in [3.8, 4) is 0 Å². The van der Waals surface area contributed by atoms with Gasteiger partial charge >= 0.3 is 5.97 Å². The lowest BCUT2D eigenvalue weighted by molar-refractivity contribution is -0.146. The van der Waals surface area contributed by atoms with Crippen LogP contribution < -0.4 is 10.2 Å². The number of hydrogen-bond donors (Lipinski definition) is 1. The molecule has 8 nitrogen and oxygen atoms in total. The molecule has 0 spiro atoms. The van der Waals surface area contributed by atoms with Crippen molar-refractivity contribution < 1.29 is 23.6 Å². The van der Waals surface area contributed by atoms with Gasteiger partial charge in [0.25, 0.3) is 5.91 Å². The second-order valence-corrected chi connectivity index (χ2v) is 6.46.